The van der Waals surface area contributed by atoms with Crippen LogP contribution in [0.2, 0.25) is 4.34 Å². The van der Waals surface area contributed by atoms with Crippen molar-refractivity contribution in [3.05, 3.63) is 21.3 Å². The Kier molecular flexibility index (Phi) is 3.71. The van der Waals surface area contributed by atoms with E-state index < -0.39 is 11.9 Å². The highest BCUT2D eigenvalue weighted by atomic mass is 35.5. The molecule has 1 rings (SSSR count). The first-order chi connectivity index (χ1) is 6.15. The third-order valence-electron chi connectivity index (χ3n) is 1.57. The molecule has 1 aromatic heterocycles. The monoisotopic (exact) mass is 220 g/mol. The van der Waals surface area contributed by atoms with Crippen LogP contribution in [-0.2, 0) is 9.53 Å². The quantitative estimate of drug-likeness (QED) is 0.847. The zero-order chi connectivity index (χ0) is 9.84. The summed E-state index contributed by atoms with van der Waals surface area (Å²) in [6.45, 7) is 0.173. The van der Waals surface area contributed by atoms with Gasteiger partial charge in [0, 0.05) is 12.0 Å². The van der Waals surface area contributed by atoms with Gasteiger partial charge < -0.3 is 9.84 Å². The molecule has 1 N–H and O–H groups in total. The summed E-state index contributed by atoms with van der Waals surface area (Å²) in [5.74, 6) is -1.50. The molecule has 0 spiro atoms. The lowest BCUT2D eigenvalue weighted by molar-refractivity contribution is -0.140. The number of methoxy groups -OCH3 is 1. The summed E-state index contributed by atoms with van der Waals surface area (Å²) in [5, 5.41) is 8.85. The van der Waals surface area contributed by atoms with Crippen LogP contribution in [-0.4, -0.2) is 24.8 Å². The van der Waals surface area contributed by atoms with Crippen LogP contribution in [0.15, 0.2) is 12.1 Å². The van der Waals surface area contributed by atoms with Crippen molar-refractivity contribution in [2.75, 3.05) is 13.7 Å². The number of ether oxygens (including phenoxy) is 1. The Balaban J connectivity index is 2.81. The van der Waals surface area contributed by atoms with Crippen molar-refractivity contribution >= 4 is 28.9 Å². The highest BCUT2D eigenvalue weighted by Gasteiger charge is 2.21. The molecular weight excluding hydrogens is 212 g/mol. The van der Waals surface area contributed by atoms with Crippen LogP contribution < -0.4 is 0 Å². The van der Waals surface area contributed by atoms with Gasteiger partial charge in [0.15, 0.2) is 0 Å². The molecule has 5 heteroatoms. The topological polar surface area (TPSA) is 46.5 Å². The second kappa shape index (κ2) is 4.60. The number of carboxylic acids is 1. The fourth-order valence-electron chi connectivity index (χ4n) is 0.957. The van der Waals surface area contributed by atoms with Gasteiger partial charge in [-0.25, -0.2) is 0 Å². The maximum atomic E-state index is 10.8. The third kappa shape index (κ3) is 2.69. The molecule has 3 nitrogen and oxygen atoms in total. The molecule has 0 saturated heterocycles. The van der Waals surface area contributed by atoms with Crippen LogP contribution in [0.25, 0.3) is 0 Å². The van der Waals surface area contributed by atoms with Crippen LogP contribution in [0.4, 0.5) is 0 Å². The molecule has 13 heavy (non-hydrogen) atoms. The van der Waals surface area contributed by atoms with Crippen molar-refractivity contribution in [1.82, 2.24) is 0 Å². The zero-order valence-electron chi connectivity index (χ0n) is 6.99. The van der Waals surface area contributed by atoms with E-state index in [1.54, 1.807) is 12.1 Å². The molecule has 0 aromatic carbocycles. The van der Waals surface area contributed by atoms with Gasteiger partial charge in [-0.15, -0.1) is 11.3 Å². The summed E-state index contributed by atoms with van der Waals surface area (Å²) in [4.78, 5) is 11.5. The lowest BCUT2D eigenvalue weighted by Crippen LogP contribution is -2.15. The van der Waals surface area contributed by atoms with Crippen LogP contribution in [0, 0.1) is 0 Å². The van der Waals surface area contributed by atoms with Crippen LogP contribution in [0.5, 0.6) is 0 Å². The van der Waals surface area contributed by atoms with Crippen molar-refractivity contribution in [1.29, 1.82) is 0 Å². The molecule has 0 radical (unpaired) electrons. The Labute approximate surface area is 84.9 Å². The minimum atomic E-state index is -0.889. The summed E-state index contributed by atoms with van der Waals surface area (Å²) < 4.78 is 5.41. The van der Waals surface area contributed by atoms with E-state index in [9.17, 15) is 4.79 Å². The summed E-state index contributed by atoms with van der Waals surface area (Å²) in [5.41, 5.74) is 0. The molecule has 0 amide bonds. The number of carboxylic acid groups (broad SMARTS) is 1. The Morgan fingerprint density at radius 2 is 2.46 bits per heavy atom. The number of rotatable bonds is 4. The highest BCUT2D eigenvalue weighted by molar-refractivity contribution is 7.16. The molecule has 1 heterocycles. The molecule has 1 unspecified atom stereocenters. The van der Waals surface area contributed by atoms with Crippen LogP contribution in [0.1, 0.15) is 10.8 Å². The van der Waals surface area contributed by atoms with Crippen molar-refractivity contribution in [2.24, 2.45) is 0 Å². The average Bonchev–Trinajstić information content (AvgIpc) is 2.46. The molecule has 1 aromatic rings. The van der Waals surface area contributed by atoms with E-state index in [4.69, 9.17) is 21.4 Å². The molecule has 0 fully saturated rings. The van der Waals surface area contributed by atoms with Gasteiger partial charge in [-0.05, 0) is 12.1 Å². The number of hydrogen-bond donors (Lipinski definition) is 1. The Hall–Kier alpha value is -0.580. The van der Waals surface area contributed by atoms with E-state index >= 15 is 0 Å². The summed E-state index contributed by atoms with van der Waals surface area (Å²) in [6, 6.07) is 3.40. The van der Waals surface area contributed by atoms with Crippen LogP contribution >= 0.6 is 22.9 Å². The Morgan fingerprint density at radius 1 is 1.77 bits per heavy atom. The van der Waals surface area contributed by atoms with Crippen molar-refractivity contribution in [2.45, 2.75) is 5.92 Å². The number of halogens is 1. The van der Waals surface area contributed by atoms with E-state index in [0.29, 0.717) is 4.34 Å². The van der Waals surface area contributed by atoms with E-state index in [1.165, 1.54) is 18.4 Å². The molecule has 0 saturated carbocycles. The second-order valence-electron chi connectivity index (χ2n) is 2.49. The minimum Gasteiger partial charge on any atom is -0.481 e. The molecule has 72 valence electrons. The van der Waals surface area contributed by atoms with Gasteiger partial charge in [0.25, 0.3) is 0 Å². The summed E-state index contributed by atoms with van der Waals surface area (Å²) in [6.07, 6.45) is 0. The van der Waals surface area contributed by atoms with Gasteiger partial charge in [0.2, 0.25) is 0 Å². The van der Waals surface area contributed by atoms with Gasteiger partial charge in [-0.1, -0.05) is 11.6 Å². The third-order valence-corrected chi connectivity index (χ3v) is 2.91. The fourth-order valence-corrected chi connectivity index (χ4v) is 2.10. The molecule has 1 atom stereocenters. The van der Waals surface area contributed by atoms with Gasteiger partial charge in [-0.3, -0.25) is 4.79 Å². The maximum Gasteiger partial charge on any atom is 0.314 e. The minimum absolute atomic E-state index is 0.173. The smallest absolute Gasteiger partial charge is 0.314 e. The van der Waals surface area contributed by atoms with Gasteiger partial charge in [0.05, 0.1) is 10.9 Å². The number of thiophene rings is 1. The maximum absolute atomic E-state index is 10.8. The number of aliphatic carboxylic acids is 1. The van der Waals surface area contributed by atoms with E-state index in [0.717, 1.165) is 4.88 Å². The fraction of sp³-hybridized carbons (Fsp3) is 0.375. The van der Waals surface area contributed by atoms with Crippen molar-refractivity contribution < 1.29 is 14.6 Å². The standard InChI is InChI=1S/C8H9ClO3S/c1-12-4-5(8(10)11)6-2-3-7(9)13-6/h2-3,5H,4H2,1H3,(H,10,11). The molecule has 0 aliphatic heterocycles. The lowest BCUT2D eigenvalue weighted by Gasteiger charge is -2.07. The van der Waals surface area contributed by atoms with E-state index in [1.807, 2.05) is 0 Å². The predicted molar refractivity (Wildman–Crippen MR) is 51.6 cm³/mol. The largest absolute Gasteiger partial charge is 0.481 e. The van der Waals surface area contributed by atoms with Gasteiger partial charge in [-0.2, -0.15) is 0 Å². The average molecular weight is 221 g/mol. The van der Waals surface area contributed by atoms with E-state index in [2.05, 4.69) is 0 Å². The second-order valence-corrected chi connectivity index (χ2v) is 4.23. The lowest BCUT2D eigenvalue weighted by atomic mass is 10.1. The highest BCUT2D eigenvalue weighted by Crippen LogP contribution is 2.28. The Morgan fingerprint density at radius 3 is 2.85 bits per heavy atom. The van der Waals surface area contributed by atoms with Crippen molar-refractivity contribution in [3.8, 4) is 0 Å². The molecular formula is C8H9ClO3S. The SMILES string of the molecule is COCC(C(=O)O)c1ccc(Cl)s1. The summed E-state index contributed by atoms with van der Waals surface area (Å²) in [7, 11) is 1.48. The molecule has 0 aliphatic carbocycles. The molecule has 0 aliphatic rings. The first-order valence-corrected chi connectivity index (χ1v) is 4.81. The first-order valence-electron chi connectivity index (χ1n) is 3.62. The molecule has 0 bridgehead atoms. The predicted octanol–water partition coefficient (Wildman–Crippen LogP) is 2.22. The Bertz CT molecular complexity index is 297. The van der Waals surface area contributed by atoms with Crippen LogP contribution in [0.3, 0.4) is 0 Å². The number of hydrogen-bond acceptors (Lipinski definition) is 3. The normalized spacial score (nSPS) is 12.8. The van der Waals surface area contributed by atoms with E-state index in [-0.39, 0.29) is 6.61 Å². The first kappa shape index (κ1) is 10.5. The number of carbonyl (C=O) groups is 1. The van der Waals surface area contributed by atoms with Crippen molar-refractivity contribution in [3.63, 3.8) is 0 Å². The van der Waals surface area contributed by atoms with Gasteiger partial charge >= 0.3 is 5.97 Å². The summed E-state index contributed by atoms with van der Waals surface area (Å²) >= 11 is 6.96. The zero-order valence-corrected chi connectivity index (χ0v) is 8.56. The van der Waals surface area contributed by atoms with Gasteiger partial charge in [0.1, 0.15) is 5.92 Å².